The Hall–Kier alpha value is -4.59. The molecule has 3 aromatic carbocycles. The molecule has 8 heteroatoms. The summed E-state index contributed by atoms with van der Waals surface area (Å²) in [5, 5.41) is 2.96. The minimum Gasteiger partial charge on any atom is -0.496 e. The lowest BCUT2D eigenvalue weighted by Gasteiger charge is -2.43. The molecule has 2 aliphatic rings. The van der Waals surface area contributed by atoms with Gasteiger partial charge in [-0.1, -0.05) is 66.7 Å². The van der Waals surface area contributed by atoms with E-state index in [2.05, 4.69) is 10.2 Å². The highest BCUT2D eigenvalue weighted by Crippen LogP contribution is 2.39. The third-order valence-electron chi connectivity index (χ3n) is 7.95. The maximum atomic E-state index is 13.9. The van der Waals surface area contributed by atoms with Gasteiger partial charge in [-0.2, -0.15) is 0 Å². The standard InChI is InChI=1S/C33H36N4O4/c1-41-29-15-9-8-12-27(29)18-21-34-30(38)24-36-25-37(28-13-6-3-7-14-28)33(32(36)40)19-22-35(23-20-33)31(39)17-16-26-10-4-2-5-11-26/h2-17H,18-25H2,1H3,(H,34,38)/b17-16+. The lowest BCUT2D eigenvalue weighted by atomic mass is 9.85. The molecule has 0 radical (unpaired) electrons. The first kappa shape index (κ1) is 28.0. The molecule has 1 spiro atoms. The molecule has 2 saturated heterocycles. The number of nitrogens with zero attached hydrogens (tertiary/aromatic N) is 3. The van der Waals surface area contributed by atoms with E-state index in [1.807, 2.05) is 91.0 Å². The molecular weight excluding hydrogens is 516 g/mol. The van der Waals surface area contributed by atoms with Gasteiger partial charge in [0.15, 0.2) is 0 Å². The number of hydrogen-bond donors (Lipinski definition) is 1. The van der Waals surface area contributed by atoms with Gasteiger partial charge < -0.3 is 24.8 Å². The molecular formula is C33H36N4O4. The number of piperidine rings is 1. The largest absolute Gasteiger partial charge is 0.496 e. The summed E-state index contributed by atoms with van der Waals surface area (Å²) in [6, 6.07) is 27.3. The quantitative estimate of drug-likeness (QED) is 0.409. The second kappa shape index (κ2) is 12.7. The molecule has 3 aromatic rings. The Morgan fingerprint density at radius 2 is 1.59 bits per heavy atom. The molecule has 0 saturated carbocycles. The van der Waals surface area contributed by atoms with Crippen molar-refractivity contribution in [3.05, 3.63) is 102 Å². The van der Waals surface area contributed by atoms with Gasteiger partial charge in [0.25, 0.3) is 5.91 Å². The van der Waals surface area contributed by atoms with Crippen LogP contribution in [0.4, 0.5) is 5.69 Å². The molecule has 3 amide bonds. The molecule has 0 bridgehead atoms. The Balaban J connectivity index is 1.23. The zero-order valence-electron chi connectivity index (χ0n) is 23.4. The minimum atomic E-state index is -0.793. The molecule has 5 rings (SSSR count). The third kappa shape index (κ3) is 6.27. The molecule has 0 unspecified atom stereocenters. The van der Waals surface area contributed by atoms with Gasteiger partial charge in [0.1, 0.15) is 17.8 Å². The van der Waals surface area contributed by atoms with Gasteiger partial charge in [-0.25, -0.2) is 0 Å². The van der Waals surface area contributed by atoms with Crippen LogP contribution in [-0.2, 0) is 20.8 Å². The number of rotatable bonds is 9. The van der Waals surface area contributed by atoms with Crippen molar-refractivity contribution in [1.82, 2.24) is 15.1 Å². The number of methoxy groups -OCH3 is 1. The summed E-state index contributed by atoms with van der Waals surface area (Å²) in [7, 11) is 1.63. The van der Waals surface area contributed by atoms with Crippen LogP contribution >= 0.6 is 0 Å². The predicted octanol–water partition coefficient (Wildman–Crippen LogP) is 3.73. The van der Waals surface area contributed by atoms with E-state index in [-0.39, 0.29) is 24.3 Å². The van der Waals surface area contributed by atoms with E-state index in [9.17, 15) is 14.4 Å². The Kier molecular flexibility index (Phi) is 8.67. The first-order valence-electron chi connectivity index (χ1n) is 14.0. The van der Waals surface area contributed by atoms with Crippen LogP contribution in [0.1, 0.15) is 24.0 Å². The monoisotopic (exact) mass is 552 g/mol. The van der Waals surface area contributed by atoms with Gasteiger partial charge in [0.05, 0.1) is 13.8 Å². The van der Waals surface area contributed by atoms with Crippen molar-refractivity contribution >= 4 is 29.5 Å². The van der Waals surface area contributed by atoms with E-state index in [0.717, 1.165) is 22.6 Å². The molecule has 2 aliphatic heterocycles. The van der Waals surface area contributed by atoms with Gasteiger partial charge >= 0.3 is 0 Å². The van der Waals surface area contributed by atoms with Gasteiger partial charge in [-0.05, 0) is 54.7 Å². The number of carbonyl (C=O) groups excluding carboxylic acids is 3. The number of likely N-dealkylation sites (tertiary alicyclic amines) is 1. The van der Waals surface area contributed by atoms with E-state index in [4.69, 9.17) is 4.74 Å². The fraction of sp³-hybridized carbons (Fsp3) is 0.303. The van der Waals surface area contributed by atoms with Crippen molar-refractivity contribution in [2.24, 2.45) is 0 Å². The maximum absolute atomic E-state index is 13.9. The third-order valence-corrected chi connectivity index (χ3v) is 7.95. The highest BCUT2D eigenvalue weighted by Gasteiger charge is 2.54. The van der Waals surface area contributed by atoms with Crippen molar-refractivity contribution in [3.63, 3.8) is 0 Å². The normalized spacial score (nSPS) is 16.4. The second-order valence-corrected chi connectivity index (χ2v) is 10.4. The van der Waals surface area contributed by atoms with E-state index in [0.29, 0.717) is 45.6 Å². The van der Waals surface area contributed by atoms with E-state index in [1.165, 1.54) is 0 Å². The molecule has 0 aromatic heterocycles. The molecule has 41 heavy (non-hydrogen) atoms. The summed E-state index contributed by atoms with van der Waals surface area (Å²) in [4.78, 5) is 45.3. The lowest BCUT2D eigenvalue weighted by Crippen LogP contribution is -2.57. The van der Waals surface area contributed by atoms with Crippen LogP contribution in [0.25, 0.3) is 6.08 Å². The van der Waals surface area contributed by atoms with Gasteiger partial charge in [0.2, 0.25) is 11.8 Å². The molecule has 2 heterocycles. The van der Waals surface area contributed by atoms with Crippen LogP contribution in [0.5, 0.6) is 5.75 Å². The molecule has 0 aliphatic carbocycles. The average Bonchev–Trinajstić information content (AvgIpc) is 3.27. The molecule has 0 atom stereocenters. The smallest absolute Gasteiger partial charge is 0.250 e. The Bertz CT molecular complexity index is 1380. The fourth-order valence-electron chi connectivity index (χ4n) is 5.73. The van der Waals surface area contributed by atoms with Crippen molar-refractivity contribution in [3.8, 4) is 5.75 Å². The number of anilines is 1. The van der Waals surface area contributed by atoms with Gasteiger partial charge in [-0.3, -0.25) is 14.4 Å². The Morgan fingerprint density at radius 1 is 0.927 bits per heavy atom. The Morgan fingerprint density at radius 3 is 2.29 bits per heavy atom. The van der Waals surface area contributed by atoms with E-state index in [1.54, 1.807) is 23.0 Å². The Labute approximate surface area is 241 Å². The zero-order chi connectivity index (χ0) is 28.7. The number of nitrogens with one attached hydrogen (secondary N) is 1. The van der Waals surface area contributed by atoms with Crippen LogP contribution in [0.2, 0.25) is 0 Å². The maximum Gasteiger partial charge on any atom is 0.250 e. The number of carbonyl (C=O) groups is 3. The molecule has 8 nitrogen and oxygen atoms in total. The van der Waals surface area contributed by atoms with Crippen LogP contribution in [0, 0.1) is 0 Å². The van der Waals surface area contributed by atoms with Crippen molar-refractivity contribution < 1.29 is 19.1 Å². The van der Waals surface area contributed by atoms with E-state index < -0.39 is 5.54 Å². The van der Waals surface area contributed by atoms with Crippen molar-refractivity contribution in [2.45, 2.75) is 24.8 Å². The highest BCUT2D eigenvalue weighted by molar-refractivity contribution is 5.97. The topological polar surface area (TPSA) is 82.2 Å². The minimum absolute atomic E-state index is 0.0156. The molecule has 212 valence electrons. The predicted molar refractivity (Wildman–Crippen MR) is 159 cm³/mol. The summed E-state index contributed by atoms with van der Waals surface area (Å²) in [6.45, 7) is 1.68. The second-order valence-electron chi connectivity index (χ2n) is 10.4. The summed E-state index contributed by atoms with van der Waals surface area (Å²) in [5.74, 6) is 0.467. The first-order chi connectivity index (χ1) is 20.0. The van der Waals surface area contributed by atoms with Crippen LogP contribution in [0.15, 0.2) is 91.0 Å². The van der Waals surface area contributed by atoms with E-state index >= 15 is 0 Å². The lowest BCUT2D eigenvalue weighted by molar-refractivity contribution is -0.138. The summed E-state index contributed by atoms with van der Waals surface area (Å²) < 4.78 is 5.40. The SMILES string of the molecule is COc1ccccc1CCNC(=O)CN1CN(c2ccccc2)C2(CCN(C(=O)/C=C/c3ccccc3)CC2)C1=O. The number of hydrogen-bond acceptors (Lipinski definition) is 5. The van der Waals surface area contributed by atoms with Crippen LogP contribution in [-0.4, -0.2) is 73.0 Å². The average molecular weight is 553 g/mol. The van der Waals surface area contributed by atoms with Gasteiger partial charge in [0, 0.05) is 31.4 Å². The highest BCUT2D eigenvalue weighted by atomic mass is 16.5. The fourth-order valence-corrected chi connectivity index (χ4v) is 5.73. The first-order valence-corrected chi connectivity index (χ1v) is 14.0. The van der Waals surface area contributed by atoms with Crippen molar-refractivity contribution in [1.29, 1.82) is 0 Å². The summed E-state index contributed by atoms with van der Waals surface area (Å²) in [6.07, 6.45) is 5.04. The van der Waals surface area contributed by atoms with Crippen molar-refractivity contribution in [2.75, 3.05) is 44.9 Å². The number of para-hydroxylation sites is 2. The number of benzene rings is 3. The zero-order valence-corrected chi connectivity index (χ0v) is 23.4. The molecule has 1 N–H and O–H groups in total. The van der Waals surface area contributed by atoms with Crippen LogP contribution < -0.4 is 15.0 Å². The summed E-state index contributed by atoms with van der Waals surface area (Å²) in [5.41, 5.74) is 2.12. The summed E-state index contributed by atoms with van der Waals surface area (Å²) >= 11 is 0. The van der Waals surface area contributed by atoms with Gasteiger partial charge in [-0.15, -0.1) is 0 Å². The number of amides is 3. The van der Waals surface area contributed by atoms with Crippen LogP contribution in [0.3, 0.4) is 0 Å². The number of ether oxygens (including phenoxy) is 1. The molecule has 2 fully saturated rings.